The van der Waals surface area contributed by atoms with Crippen LogP contribution >= 0.6 is 0 Å². The summed E-state index contributed by atoms with van der Waals surface area (Å²) in [5.41, 5.74) is 0. The van der Waals surface area contributed by atoms with Gasteiger partial charge in [-0.3, -0.25) is 0 Å². The molecule has 0 aliphatic carbocycles. The Morgan fingerprint density at radius 2 is 2.22 bits per heavy atom. The highest BCUT2D eigenvalue weighted by Crippen LogP contribution is 2.29. The second-order valence-electron chi connectivity index (χ2n) is 2.49. The third-order valence-corrected chi connectivity index (χ3v) is 1.46. The number of ether oxygens (including phenoxy) is 1. The molecule has 1 aliphatic heterocycles. The summed E-state index contributed by atoms with van der Waals surface area (Å²) in [4.78, 5) is 0. The number of rotatable bonds is 0. The highest BCUT2D eigenvalue weighted by Gasteiger charge is 2.34. The molecule has 1 unspecified atom stereocenters. The van der Waals surface area contributed by atoms with Crippen LogP contribution in [0.15, 0.2) is 0 Å². The minimum atomic E-state index is -2.47. The highest BCUT2D eigenvalue weighted by atomic mass is 19.3. The number of halogens is 2. The molecule has 0 aromatic carbocycles. The van der Waals surface area contributed by atoms with E-state index in [1.54, 1.807) is 6.92 Å². The first-order valence-corrected chi connectivity index (χ1v) is 3.10. The van der Waals surface area contributed by atoms with E-state index in [9.17, 15) is 8.78 Å². The Morgan fingerprint density at radius 3 is 2.56 bits per heavy atom. The Morgan fingerprint density at radius 1 is 1.56 bits per heavy atom. The van der Waals surface area contributed by atoms with Crippen LogP contribution in [0.5, 0.6) is 0 Å². The lowest BCUT2D eigenvalue weighted by Crippen LogP contribution is -2.31. The Bertz CT molecular complexity index is 103. The van der Waals surface area contributed by atoms with Crippen molar-refractivity contribution in [2.75, 3.05) is 6.61 Å². The van der Waals surface area contributed by atoms with Crippen LogP contribution < -0.4 is 0 Å². The summed E-state index contributed by atoms with van der Waals surface area (Å²) in [5.74, 6) is -2.47. The maximum Gasteiger partial charge on any atom is 0.252 e. The van der Waals surface area contributed by atoms with Crippen LogP contribution in [-0.4, -0.2) is 18.6 Å². The molecule has 0 saturated carbocycles. The van der Waals surface area contributed by atoms with E-state index in [4.69, 9.17) is 4.74 Å². The minimum absolute atomic E-state index is 0.114. The molecule has 1 aliphatic rings. The van der Waals surface area contributed by atoms with E-state index in [1.807, 2.05) is 0 Å². The van der Waals surface area contributed by atoms with Gasteiger partial charge in [-0.15, -0.1) is 0 Å². The summed E-state index contributed by atoms with van der Waals surface area (Å²) in [6, 6.07) is 0. The van der Waals surface area contributed by atoms with E-state index in [1.165, 1.54) is 0 Å². The minimum Gasteiger partial charge on any atom is -0.378 e. The van der Waals surface area contributed by atoms with Crippen LogP contribution in [0.25, 0.3) is 0 Å². The molecule has 0 N–H and O–H groups in total. The Labute approximate surface area is 53.0 Å². The fourth-order valence-corrected chi connectivity index (χ4v) is 0.991. The zero-order valence-electron chi connectivity index (χ0n) is 5.36. The molecule has 1 nitrogen and oxygen atoms in total. The zero-order valence-corrected chi connectivity index (χ0v) is 5.36. The third-order valence-electron chi connectivity index (χ3n) is 1.46. The normalized spacial score (nSPS) is 34.3. The van der Waals surface area contributed by atoms with E-state index in [2.05, 4.69) is 0 Å². The van der Waals surface area contributed by atoms with Crippen molar-refractivity contribution in [2.45, 2.75) is 31.8 Å². The van der Waals surface area contributed by atoms with Crippen LogP contribution in [0.2, 0.25) is 0 Å². The van der Waals surface area contributed by atoms with E-state index in [0.717, 1.165) is 0 Å². The first kappa shape index (κ1) is 6.93. The Hall–Kier alpha value is -0.180. The van der Waals surface area contributed by atoms with Crippen molar-refractivity contribution in [3.63, 3.8) is 0 Å². The summed E-state index contributed by atoms with van der Waals surface area (Å²) < 4.78 is 29.7. The van der Waals surface area contributed by atoms with Gasteiger partial charge in [-0.1, -0.05) is 0 Å². The van der Waals surface area contributed by atoms with Crippen molar-refractivity contribution in [1.82, 2.24) is 0 Å². The van der Waals surface area contributed by atoms with Crippen molar-refractivity contribution < 1.29 is 13.5 Å². The molecule has 1 fully saturated rings. The fraction of sp³-hybridized carbons (Fsp3) is 1.00. The van der Waals surface area contributed by atoms with Crippen molar-refractivity contribution in [1.29, 1.82) is 0 Å². The van der Waals surface area contributed by atoms with Crippen molar-refractivity contribution >= 4 is 0 Å². The smallest absolute Gasteiger partial charge is 0.252 e. The summed E-state index contributed by atoms with van der Waals surface area (Å²) in [7, 11) is 0. The predicted molar refractivity (Wildman–Crippen MR) is 29.6 cm³/mol. The molecule has 0 amide bonds. The molecule has 0 aromatic heterocycles. The standard InChI is InChI=1S/C6H10F2O/c1-5-4-6(7,8)2-3-9-5/h5H,2-4H2,1H3. The Balaban J connectivity index is 2.41. The fourth-order valence-electron chi connectivity index (χ4n) is 0.991. The molecule has 1 heterocycles. The van der Waals surface area contributed by atoms with Crippen LogP contribution in [0, 0.1) is 0 Å². The van der Waals surface area contributed by atoms with Gasteiger partial charge in [0.15, 0.2) is 0 Å². The molecule has 0 spiro atoms. The van der Waals surface area contributed by atoms with E-state index < -0.39 is 5.92 Å². The molecule has 9 heavy (non-hydrogen) atoms. The van der Waals surface area contributed by atoms with Crippen molar-refractivity contribution in [3.05, 3.63) is 0 Å². The van der Waals surface area contributed by atoms with Crippen molar-refractivity contribution in [2.24, 2.45) is 0 Å². The van der Waals surface area contributed by atoms with Gasteiger partial charge in [0.25, 0.3) is 5.92 Å². The molecule has 1 saturated heterocycles. The van der Waals surface area contributed by atoms with Gasteiger partial charge in [-0.05, 0) is 6.92 Å². The maximum atomic E-state index is 12.4. The molecule has 54 valence electrons. The maximum absolute atomic E-state index is 12.4. The van der Waals surface area contributed by atoms with Crippen molar-refractivity contribution in [3.8, 4) is 0 Å². The van der Waals surface area contributed by atoms with Gasteiger partial charge >= 0.3 is 0 Å². The first-order valence-electron chi connectivity index (χ1n) is 3.10. The average Bonchev–Trinajstić information content (AvgIpc) is 1.60. The quantitative estimate of drug-likeness (QED) is 0.493. The average molecular weight is 136 g/mol. The summed E-state index contributed by atoms with van der Waals surface area (Å²) in [5, 5.41) is 0. The molecule has 0 aromatic rings. The van der Waals surface area contributed by atoms with E-state index >= 15 is 0 Å². The second-order valence-corrected chi connectivity index (χ2v) is 2.49. The molecule has 3 heteroatoms. The van der Waals surface area contributed by atoms with Gasteiger partial charge in [0.05, 0.1) is 12.7 Å². The topological polar surface area (TPSA) is 9.23 Å². The monoisotopic (exact) mass is 136 g/mol. The molecule has 1 rings (SSSR count). The molecule has 0 radical (unpaired) electrons. The van der Waals surface area contributed by atoms with Gasteiger partial charge in [0.1, 0.15) is 0 Å². The summed E-state index contributed by atoms with van der Waals surface area (Å²) in [6.07, 6.45) is -0.501. The highest BCUT2D eigenvalue weighted by molar-refractivity contribution is 4.74. The lowest BCUT2D eigenvalue weighted by Gasteiger charge is -2.26. The third kappa shape index (κ3) is 1.90. The first-order chi connectivity index (χ1) is 4.10. The number of hydrogen-bond donors (Lipinski definition) is 0. The SMILES string of the molecule is CC1CC(F)(F)CCO1. The molecule has 1 atom stereocenters. The lowest BCUT2D eigenvalue weighted by atomic mass is 10.1. The van der Waals surface area contributed by atoms with Crippen LogP contribution in [0.1, 0.15) is 19.8 Å². The predicted octanol–water partition coefficient (Wildman–Crippen LogP) is 1.82. The van der Waals surface area contributed by atoms with Gasteiger partial charge in [0.2, 0.25) is 0 Å². The van der Waals surface area contributed by atoms with Gasteiger partial charge in [-0.2, -0.15) is 0 Å². The van der Waals surface area contributed by atoms with Gasteiger partial charge in [-0.25, -0.2) is 8.78 Å². The van der Waals surface area contributed by atoms with Crippen LogP contribution in [0.4, 0.5) is 8.78 Å². The van der Waals surface area contributed by atoms with E-state index in [0.29, 0.717) is 0 Å². The largest absolute Gasteiger partial charge is 0.378 e. The number of alkyl halides is 2. The molecular weight excluding hydrogens is 126 g/mol. The summed E-state index contributed by atoms with van der Waals surface area (Å²) in [6.45, 7) is 1.88. The number of hydrogen-bond acceptors (Lipinski definition) is 1. The summed E-state index contributed by atoms with van der Waals surface area (Å²) >= 11 is 0. The molecular formula is C6H10F2O. The zero-order chi connectivity index (χ0) is 6.91. The lowest BCUT2D eigenvalue weighted by molar-refractivity contribution is -0.121. The molecule has 0 bridgehead atoms. The van der Waals surface area contributed by atoms with Gasteiger partial charge in [0, 0.05) is 12.8 Å². The second kappa shape index (κ2) is 2.21. The van der Waals surface area contributed by atoms with Gasteiger partial charge < -0.3 is 4.74 Å². The van der Waals surface area contributed by atoms with Crippen LogP contribution in [0.3, 0.4) is 0 Å². The van der Waals surface area contributed by atoms with E-state index in [-0.39, 0.29) is 25.6 Å². The van der Waals surface area contributed by atoms with Crippen LogP contribution in [-0.2, 0) is 4.74 Å². The Kier molecular flexibility index (Phi) is 1.70.